The molecule has 1 N–H and O–H groups in total. The highest BCUT2D eigenvalue weighted by Crippen LogP contribution is 2.29. The summed E-state index contributed by atoms with van der Waals surface area (Å²) in [6.45, 7) is 6.62. The summed E-state index contributed by atoms with van der Waals surface area (Å²) in [4.78, 5) is 7.33. The van der Waals surface area contributed by atoms with E-state index in [0.717, 1.165) is 36.3 Å². The Hall–Kier alpha value is -0.750. The fraction of sp³-hybridized carbons (Fsp3) is 0.400. The van der Waals surface area contributed by atoms with Gasteiger partial charge in [0.2, 0.25) is 0 Å². The Bertz CT molecular complexity index is 578. The Morgan fingerprint density at radius 1 is 1.35 bits per heavy atom. The predicted octanol–water partition coefficient (Wildman–Crippen LogP) is 3.54. The molecule has 1 aromatic carbocycles. The molecule has 1 aliphatic rings. The number of nitrogens with zero attached hydrogens (tertiary/aromatic N) is 2. The van der Waals surface area contributed by atoms with E-state index in [9.17, 15) is 0 Å². The smallest absolute Gasteiger partial charge is 0.110 e. The predicted molar refractivity (Wildman–Crippen MR) is 88.1 cm³/mol. The molecule has 0 saturated carbocycles. The van der Waals surface area contributed by atoms with E-state index in [1.54, 1.807) is 11.3 Å². The third-order valence-electron chi connectivity index (χ3n) is 3.70. The van der Waals surface area contributed by atoms with Crippen LogP contribution in [0.4, 0.5) is 0 Å². The highest BCUT2D eigenvalue weighted by molar-refractivity contribution is 9.10. The van der Waals surface area contributed by atoms with Crippen molar-refractivity contribution in [1.82, 2.24) is 15.2 Å². The summed E-state index contributed by atoms with van der Waals surface area (Å²) < 4.78 is 1.10. The van der Waals surface area contributed by atoms with Crippen molar-refractivity contribution in [3.8, 4) is 11.3 Å². The van der Waals surface area contributed by atoms with Gasteiger partial charge in [-0.15, -0.1) is 11.3 Å². The van der Waals surface area contributed by atoms with Crippen molar-refractivity contribution in [2.45, 2.75) is 13.0 Å². The molecule has 1 unspecified atom stereocenters. The molecule has 1 atom stereocenters. The van der Waals surface area contributed by atoms with Crippen LogP contribution >= 0.6 is 27.3 Å². The van der Waals surface area contributed by atoms with E-state index in [-0.39, 0.29) is 0 Å². The lowest BCUT2D eigenvalue weighted by molar-refractivity contribution is 0.185. The second-order valence-electron chi connectivity index (χ2n) is 5.04. The summed E-state index contributed by atoms with van der Waals surface area (Å²) in [5.74, 6) is 0. The first kappa shape index (κ1) is 14.2. The fourth-order valence-corrected chi connectivity index (χ4v) is 3.80. The van der Waals surface area contributed by atoms with Crippen LogP contribution in [0.1, 0.15) is 18.0 Å². The first-order valence-electron chi connectivity index (χ1n) is 6.90. The number of thiazole rings is 1. The van der Waals surface area contributed by atoms with Crippen LogP contribution in [0.3, 0.4) is 0 Å². The highest BCUT2D eigenvalue weighted by Gasteiger charge is 2.20. The van der Waals surface area contributed by atoms with Gasteiger partial charge in [-0.2, -0.15) is 0 Å². The van der Waals surface area contributed by atoms with Crippen LogP contribution in [-0.4, -0.2) is 36.1 Å². The number of halogens is 1. The molecule has 5 heteroatoms. The van der Waals surface area contributed by atoms with Gasteiger partial charge in [-0.1, -0.05) is 28.1 Å². The molecule has 2 aromatic rings. The number of piperazine rings is 1. The Kier molecular flexibility index (Phi) is 4.51. The maximum atomic E-state index is 4.83. The first-order valence-corrected chi connectivity index (χ1v) is 8.57. The standard InChI is InChI=1S/C15H18BrN3S/c1-11(19-7-5-17-6-8-19)15-18-14(10-20-15)12-3-2-4-13(16)9-12/h2-4,9-11,17H,5-8H2,1H3. The van der Waals surface area contributed by atoms with Gasteiger partial charge < -0.3 is 5.32 Å². The zero-order valence-corrected chi connectivity index (χ0v) is 13.9. The molecular weight excluding hydrogens is 334 g/mol. The van der Waals surface area contributed by atoms with Crippen molar-refractivity contribution >= 4 is 27.3 Å². The molecule has 1 aromatic heterocycles. The van der Waals surface area contributed by atoms with Gasteiger partial charge in [-0.05, 0) is 19.1 Å². The quantitative estimate of drug-likeness (QED) is 0.916. The number of aromatic nitrogens is 1. The molecular formula is C15H18BrN3S. The fourth-order valence-electron chi connectivity index (χ4n) is 2.49. The monoisotopic (exact) mass is 351 g/mol. The number of hydrogen-bond acceptors (Lipinski definition) is 4. The van der Waals surface area contributed by atoms with Crippen molar-refractivity contribution in [1.29, 1.82) is 0 Å². The van der Waals surface area contributed by atoms with Gasteiger partial charge in [0.25, 0.3) is 0 Å². The third kappa shape index (κ3) is 3.11. The minimum absolute atomic E-state index is 0.406. The Labute approximate surface area is 132 Å². The summed E-state index contributed by atoms with van der Waals surface area (Å²) in [5.41, 5.74) is 2.25. The van der Waals surface area contributed by atoms with E-state index in [1.807, 2.05) is 6.07 Å². The molecule has 0 aliphatic carbocycles. The minimum atomic E-state index is 0.406. The highest BCUT2D eigenvalue weighted by atomic mass is 79.9. The minimum Gasteiger partial charge on any atom is -0.314 e. The molecule has 0 amide bonds. The number of hydrogen-bond donors (Lipinski definition) is 1. The molecule has 1 fully saturated rings. The lowest BCUT2D eigenvalue weighted by atomic mass is 10.2. The van der Waals surface area contributed by atoms with Gasteiger partial charge in [-0.25, -0.2) is 4.98 Å². The zero-order valence-electron chi connectivity index (χ0n) is 11.5. The normalized spacial score (nSPS) is 18.1. The first-order chi connectivity index (χ1) is 9.74. The molecule has 3 nitrogen and oxygen atoms in total. The van der Waals surface area contributed by atoms with Crippen molar-refractivity contribution in [3.63, 3.8) is 0 Å². The molecule has 1 saturated heterocycles. The molecule has 0 spiro atoms. The Balaban J connectivity index is 1.79. The van der Waals surface area contributed by atoms with Crippen LogP contribution in [0.2, 0.25) is 0 Å². The Morgan fingerprint density at radius 3 is 2.90 bits per heavy atom. The summed E-state index contributed by atoms with van der Waals surface area (Å²) in [5, 5.41) is 6.77. The molecule has 0 radical (unpaired) electrons. The van der Waals surface area contributed by atoms with Crippen LogP contribution in [0.5, 0.6) is 0 Å². The summed E-state index contributed by atoms with van der Waals surface area (Å²) in [7, 11) is 0. The number of benzene rings is 1. The van der Waals surface area contributed by atoms with Gasteiger partial charge in [0.1, 0.15) is 5.01 Å². The van der Waals surface area contributed by atoms with E-state index in [4.69, 9.17) is 4.98 Å². The van der Waals surface area contributed by atoms with E-state index in [2.05, 4.69) is 56.6 Å². The average Bonchev–Trinajstić information content (AvgIpc) is 2.97. The lowest BCUT2D eigenvalue weighted by Gasteiger charge is -2.31. The zero-order chi connectivity index (χ0) is 13.9. The molecule has 3 rings (SSSR count). The van der Waals surface area contributed by atoms with Crippen LogP contribution in [0.15, 0.2) is 34.1 Å². The molecule has 20 heavy (non-hydrogen) atoms. The van der Waals surface area contributed by atoms with Gasteiger partial charge >= 0.3 is 0 Å². The van der Waals surface area contributed by atoms with Gasteiger partial charge in [0.15, 0.2) is 0 Å². The van der Waals surface area contributed by atoms with Crippen molar-refractivity contribution < 1.29 is 0 Å². The van der Waals surface area contributed by atoms with E-state index < -0.39 is 0 Å². The van der Waals surface area contributed by atoms with Crippen molar-refractivity contribution in [2.24, 2.45) is 0 Å². The van der Waals surface area contributed by atoms with Gasteiger partial charge in [0, 0.05) is 41.6 Å². The van der Waals surface area contributed by atoms with Crippen LogP contribution in [0.25, 0.3) is 11.3 Å². The van der Waals surface area contributed by atoms with Crippen molar-refractivity contribution in [2.75, 3.05) is 26.2 Å². The maximum Gasteiger partial charge on any atom is 0.110 e. The van der Waals surface area contributed by atoms with E-state index >= 15 is 0 Å². The van der Waals surface area contributed by atoms with Gasteiger partial charge in [0.05, 0.1) is 11.7 Å². The van der Waals surface area contributed by atoms with Crippen molar-refractivity contribution in [3.05, 3.63) is 39.1 Å². The average molecular weight is 352 g/mol. The maximum absolute atomic E-state index is 4.83. The number of rotatable bonds is 3. The SMILES string of the molecule is CC(c1nc(-c2cccc(Br)c2)cs1)N1CCNCC1. The third-order valence-corrected chi connectivity index (χ3v) is 5.21. The summed E-state index contributed by atoms with van der Waals surface area (Å²) in [6, 6.07) is 8.73. The van der Waals surface area contributed by atoms with Crippen LogP contribution in [0, 0.1) is 0 Å². The number of nitrogens with one attached hydrogen (secondary N) is 1. The van der Waals surface area contributed by atoms with Crippen LogP contribution in [-0.2, 0) is 0 Å². The summed E-state index contributed by atoms with van der Waals surface area (Å²) in [6.07, 6.45) is 0. The lowest BCUT2D eigenvalue weighted by Crippen LogP contribution is -2.44. The second-order valence-corrected chi connectivity index (χ2v) is 6.85. The largest absolute Gasteiger partial charge is 0.314 e. The molecule has 0 bridgehead atoms. The molecule has 1 aliphatic heterocycles. The second kappa shape index (κ2) is 6.35. The van der Waals surface area contributed by atoms with E-state index in [0.29, 0.717) is 6.04 Å². The molecule has 2 heterocycles. The topological polar surface area (TPSA) is 28.2 Å². The van der Waals surface area contributed by atoms with Gasteiger partial charge in [-0.3, -0.25) is 4.90 Å². The molecule has 106 valence electrons. The van der Waals surface area contributed by atoms with E-state index in [1.165, 1.54) is 10.6 Å². The Morgan fingerprint density at radius 2 is 2.15 bits per heavy atom. The summed E-state index contributed by atoms with van der Waals surface area (Å²) >= 11 is 5.28. The van der Waals surface area contributed by atoms with Crippen LogP contribution < -0.4 is 5.32 Å².